The molecule has 0 unspecified atom stereocenters. The molecule has 0 atom stereocenters. The zero-order valence-electron chi connectivity index (χ0n) is 10.3. The highest BCUT2D eigenvalue weighted by atomic mass is 16.5. The quantitative estimate of drug-likeness (QED) is 0.667. The zero-order valence-corrected chi connectivity index (χ0v) is 10.3. The molecule has 0 aliphatic carbocycles. The van der Waals surface area contributed by atoms with Gasteiger partial charge < -0.3 is 15.4 Å². The van der Waals surface area contributed by atoms with Gasteiger partial charge in [0.25, 0.3) is 0 Å². The number of nitrogens with zero attached hydrogens (tertiary/aromatic N) is 1. The summed E-state index contributed by atoms with van der Waals surface area (Å²) in [6, 6.07) is 3.89. The van der Waals surface area contributed by atoms with E-state index in [-0.39, 0.29) is 5.91 Å². The lowest BCUT2D eigenvalue weighted by molar-refractivity contribution is -0.120. The maximum absolute atomic E-state index is 11.4. The van der Waals surface area contributed by atoms with Crippen LogP contribution in [0.5, 0.6) is 0 Å². The number of carbonyl (C=O) groups excluding carboxylic acids is 1. The Bertz CT molecular complexity index is 338. The van der Waals surface area contributed by atoms with Crippen molar-refractivity contribution in [1.29, 1.82) is 0 Å². The Hall–Kier alpha value is -1.46. The van der Waals surface area contributed by atoms with E-state index in [9.17, 15) is 4.79 Å². The fourth-order valence-electron chi connectivity index (χ4n) is 1.24. The van der Waals surface area contributed by atoms with Crippen molar-refractivity contribution in [2.24, 2.45) is 0 Å². The van der Waals surface area contributed by atoms with Crippen LogP contribution < -0.4 is 10.6 Å². The van der Waals surface area contributed by atoms with Crippen molar-refractivity contribution in [3.05, 3.63) is 29.6 Å². The molecule has 0 saturated heterocycles. The number of hydrogen-bond donors (Lipinski definition) is 2. The number of ether oxygens (including phenoxy) is 1. The van der Waals surface area contributed by atoms with Crippen molar-refractivity contribution in [3.63, 3.8) is 0 Å². The van der Waals surface area contributed by atoms with Gasteiger partial charge in [0.05, 0.1) is 13.2 Å². The number of nitrogens with one attached hydrogen (secondary N) is 2. The standard InChI is InChI=1S/C12H19N3O2/c1-10-3-4-11(7-14-10)8-15-12(16)9-13-5-6-17-2/h3-4,7,13H,5-6,8-9H2,1-2H3,(H,15,16). The summed E-state index contributed by atoms with van der Waals surface area (Å²) in [6.45, 7) is 4.04. The Morgan fingerprint density at radius 1 is 1.47 bits per heavy atom. The second-order valence-electron chi connectivity index (χ2n) is 3.75. The molecule has 0 aliphatic heterocycles. The van der Waals surface area contributed by atoms with Crippen molar-refractivity contribution in [2.45, 2.75) is 13.5 Å². The summed E-state index contributed by atoms with van der Waals surface area (Å²) in [7, 11) is 1.63. The number of amides is 1. The van der Waals surface area contributed by atoms with E-state index in [0.29, 0.717) is 26.2 Å². The fourth-order valence-corrected chi connectivity index (χ4v) is 1.24. The molecule has 0 aromatic carbocycles. The molecule has 0 fully saturated rings. The summed E-state index contributed by atoms with van der Waals surface area (Å²) in [5, 5.41) is 5.79. The SMILES string of the molecule is COCCNCC(=O)NCc1ccc(C)nc1. The van der Waals surface area contributed by atoms with Crippen molar-refractivity contribution in [1.82, 2.24) is 15.6 Å². The lowest BCUT2D eigenvalue weighted by Gasteiger charge is -2.06. The molecule has 0 radical (unpaired) electrons. The van der Waals surface area contributed by atoms with Crippen LogP contribution in [0.1, 0.15) is 11.3 Å². The molecule has 5 nitrogen and oxygen atoms in total. The normalized spacial score (nSPS) is 10.2. The molecular weight excluding hydrogens is 218 g/mol. The van der Waals surface area contributed by atoms with Gasteiger partial charge in [-0.2, -0.15) is 0 Å². The molecule has 1 rings (SSSR count). The van der Waals surface area contributed by atoms with Gasteiger partial charge in [0, 0.05) is 32.1 Å². The Morgan fingerprint density at radius 3 is 2.94 bits per heavy atom. The van der Waals surface area contributed by atoms with Crippen LogP contribution in [-0.2, 0) is 16.1 Å². The molecule has 1 heterocycles. The molecular formula is C12H19N3O2. The topological polar surface area (TPSA) is 63.2 Å². The van der Waals surface area contributed by atoms with Crippen LogP contribution in [-0.4, -0.2) is 37.7 Å². The Labute approximate surface area is 102 Å². The van der Waals surface area contributed by atoms with Crippen LogP contribution in [0.2, 0.25) is 0 Å². The molecule has 0 spiro atoms. The molecule has 5 heteroatoms. The molecule has 1 aromatic rings. The van der Waals surface area contributed by atoms with Gasteiger partial charge in [-0.1, -0.05) is 6.07 Å². The lowest BCUT2D eigenvalue weighted by atomic mass is 10.2. The first kappa shape index (κ1) is 13.6. The third-order valence-electron chi connectivity index (χ3n) is 2.23. The summed E-state index contributed by atoms with van der Waals surface area (Å²) in [4.78, 5) is 15.6. The van der Waals surface area contributed by atoms with Gasteiger partial charge in [0.2, 0.25) is 5.91 Å². The highest BCUT2D eigenvalue weighted by Crippen LogP contribution is 1.98. The van der Waals surface area contributed by atoms with Crippen LogP contribution in [0, 0.1) is 6.92 Å². The molecule has 0 saturated carbocycles. The monoisotopic (exact) mass is 237 g/mol. The summed E-state index contributed by atoms with van der Waals surface area (Å²) in [5.74, 6) is -0.0262. The first-order valence-electron chi connectivity index (χ1n) is 5.60. The lowest BCUT2D eigenvalue weighted by Crippen LogP contribution is -2.34. The number of methoxy groups -OCH3 is 1. The maximum atomic E-state index is 11.4. The van der Waals surface area contributed by atoms with Crippen molar-refractivity contribution in [2.75, 3.05) is 26.8 Å². The third kappa shape index (κ3) is 5.99. The van der Waals surface area contributed by atoms with Gasteiger partial charge in [-0.05, 0) is 18.6 Å². The zero-order chi connectivity index (χ0) is 12.5. The van der Waals surface area contributed by atoms with E-state index in [2.05, 4.69) is 15.6 Å². The molecule has 1 amide bonds. The van der Waals surface area contributed by atoms with E-state index in [1.165, 1.54) is 0 Å². The van der Waals surface area contributed by atoms with Crippen LogP contribution in [0.25, 0.3) is 0 Å². The number of hydrogen-bond acceptors (Lipinski definition) is 4. The van der Waals surface area contributed by atoms with Crippen LogP contribution in [0.3, 0.4) is 0 Å². The summed E-state index contributed by atoms with van der Waals surface area (Å²) < 4.78 is 4.86. The molecule has 94 valence electrons. The fraction of sp³-hybridized carbons (Fsp3) is 0.500. The van der Waals surface area contributed by atoms with Crippen molar-refractivity contribution >= 4 is 5.91 Å². The molecule has 2 N–H and O–H groups in total. The summed E-state index contributed by atoms with van der Waals surface area (Å²) in [6.07, 6.45) is 1.77. The summed E-state index contributed by atoms with van der Waals surface area (Å²) in [5.41, 5.74) is 1.97. The Morgan fingerprint density at radius 2 is 2.29 bits per heavy atom. The number of aromatic nitrogens is 1. The highest BCUT2D eigenvalue weighted by Gasteiger charge is 2.00. The van der Waals surface area contributed by atoms with Gasteiger partial charge in [0.1, 0.15) is 0 Å². The van der Waals surface area contributed by atoms with Gasteiger partial charge in [0.15, 0.2) is 0 Å². The minimum absolute atomic E-state index is 0.0262. The Kier molecular flexibility index (Phi) is 6.21. The van der Waals surface area contributed by atoms with E-state index in [1.807, 2.05) is 19.1 Å². The predicted molar refractivity (Wildman–Crippen MR) is 65.6 cm³/mol. The van der Waals surface area contributed by atoms with E-state index in [0.717, 1.165) is 11.3 Å². The average Bonchev–Trinajstić information content (AvgIpc) is 2.34. The van der Waals surface area contributed by atoms with E-state index >= 15 is 0 Å². The van der Waals surface area contributed by atoms with Gasteiger partial charge >= 0.3 is 0 Å². The molecule has 0 aliphatic rings. The predicted octanol–water partition coefficient (Wildman–Crippen LogP) is 0.242. The van der Waals surface area contributed by atoms with E-state index in [1.54, 1.807) is 13.3 Å². The summed E-state index contributed by atoms with van der Waals surface area (Å²) >= 11 is 0. The number of rotatable bonds is 7. The van der Waals surface area contributed by atoms with Gasteiger partial charge in [-0.15, -0.1) is 0 Å². The Balaban J connectivity index is 2.17. The van der Waals surface area contributed by atoms with Gasteiger partial charge in [-0.25, -0.2) is 0 Å². The van der Waals surface area contributed by atoms with E-state index < -0.39 is 0 Å². The number of carbonyl (C=O) groups is 1. The number of aryl methyl sites for hydroxylation is 1. The van der Waals surface area contributed by atoms with Crippen LogP contribution >= 0.6 is 0 Å². The van der Waals surface area contributed by atoms with E-state index in [4.69, 9.17) is 4.74 Å². The third-order valence-corrected chi connectivity index (χ3v) is 2.23. The highest BCUT2D eigenvalue weighted by molar-refractivity contribution is 5.77. The minimum Gasteiger partial charge on any atom is -0.383 e. The second-order valence-corrected chi connectivity index (χ2v) is 3.75. The second kappa shape index (κ2) is 7.76. The van der Waals surface area contributed by atoms with Crippen LogP contribution in [0.4, 0.5) is 0 Å². The number of pyridine rings is 1. The smallest absolute Gasteiger partial charge is 0.234 e. The first-order chi connectivity index (χ1) is 8.22. The molecule has 17 heavy (non-hydrogen) atoms. The molecule has 0 bridgehead atoms. The maximum Gasteiger partial charge on any atom is 0.234 e. The molecule has 1 aromatic heterocycles. The first-order valence-corrected chi connectivity index (χ1v) is 5.60. The average molecular weight is 237 g/mol. The van der Waals surface area contributed by atoms with Crippen molar-refractivity contribution < 1.29 is 9.53 Å². The largest absolute Gasteiger partial charge is 0.383 e. The van der Waals surface area contributed by atoms with Crippen molar-refractivity contribution in [3.8, 4) is 0 Å². The minimum atomic E-state index is -0.0262. The van der Waals surface area contributed by atoms with Crippen LogP contribution in [0.15, 0.2) is 18.3 Å². The van der Waals surface area contributed by atoms with Gasteiger partial charge in [-0.3, -0.25) is 9.78 Å².